The van der Waals surface area contributed by atoms with Crippen molar-refractivity contribution in [1.29, 1.82) is 0 Å². The van der Waals surface area contributed by atoms with Gasteiger partial charge >= 0.3 is 12.1 Å². The van der Waals surface area contributed by atoms with Crippen molar-refractivity contribution in [1.82, 2.24) is 20.9 Å². The number of carbonyl (C=O) groups excluding carboxylic acids is 5. The van der Waals surface area contributed by atoms with Crippen LogP contribution in [-0.4, -0.2) is 53.4 Å². The molecule has 1 aromatic heterocycles. The number of halogens is 5. The minimum atomic E-state index is -2.38. The molecule has 4 amide bonds. The second kappa shape index (κ2) is 26.0. The van der Waals surface area contributed by atoms with Gasteiger partial charge in [-0.1, -0.05) is 70.7 Å². The van der Waals surface area contributed by atoms with E-state index in [-0.39, 0.29) is 38.2 Å². The lowest BCUT2D eigenvalue weighted by Gasteiger charge is -2.24. The van der Waals surface area contributed by atoms with Crippen LogP contribution >= 0.6 is 0 Å². The van der Waals surface area contributed by atoms with Crippen LogP contribution in [0.1, 0.15) is 115 Å². The number of nitrogen functional groups attached to an aromatic ring is 1. The first-order valence-electron chi connectivity index (χ1n) is 22.3. The molecule has 0 radical (unpaired) electrons. The predicted octanol–water partition coefficient (Wildman–Crippen LogP) is 9.02. The highest BCUT2D eigenvalue weighted by Crippen LogP contribution is 2.30. The minimum Gasteiger partial charge on any atom is -0.445 e. The van der Waals surface area contributed by atoms with E-state index in [0.29, 0.717) is 23.6 Å². The quantitative estimate of drug-likeness (QED) is 0.0108. The Morgan fingerprint density at radius 2 is 1.35 bits per heavy atom. The fourth-order valence-corrected chi connectivity index (χ4v) is 6.96. The molecule has 4 aromatic rings. The highest BCUT2D eigenvalue weighted by molar-refractivity contribution is 5.98. The number of rotatable bonds is 25. The van der Waals surface area contributed by atoms with Crippen molar-refractivity contribution in [2.45, 2.75) is 130 Å². The Morgan fingerprint density at radius 3 is 2.03 bits per heavy atom. The van der Waals surface area contributed by atoms with Gasteiger partial charge in [-0.3, -0.25) is 19.2 Å². The van der Waals surface area contributed by atoms with E-state index in [1.165, 1.54) is 12.5 Å². The first-order valence-corrected chi connectivity index (χ1v) is 22.3. The first-order chi connectivity index (χ1) is 31.5. The van der Waals surface area contributed by atoms with Crippen molar-refractivity contribution in [3.05, 3.63) is 94.3 Å². The number of hydrogen-bond donors (Lipinski definition) is 5. The second-order valence-electron chi connectivity index (χ2n) is 16.4. The number of nitrogens with zero attached hydrogens (tertiary/aromatic N) is 1. The van der Waals surface area contributed by atoms with Gasteiger partial charge in [0.1, 0.15) is 24.5 Å². The smallest absolute Gasteiger partial charge is 0.407 e. The molecule has 4 rings (SSSR count). The predicted molar refractivity (Wildman–Crippen MR) is 240 cm³/mol. The second-order valence-corrected chi connectivity index (χ2v) is 16.4. The lowest BCUT2D eigenvalue weighted by Crippen LogP contribution is -2.53. The molecule has 358 valence electrons. The van der Waals surface area contributed by atoms with Crippen molar-refractivity contribution in [2.24, 2.45) is 5.92 Å². The van der Waals surface area contributed by atoms with Crippen LogP contribution < -0.4 is 31.7 Å². The average molecular weight is 927 g/mol. The van der Waals surface area contributed by atoms with E-state index in [2.05, 4.69) is 50.0 Å². The van der Waals surface area contributed by atoms with Crippen LogP contribution in [0.5, 0.6) is 5.75 Å². The van der Waals surface area contributed by atoms with Gasteiger partial charge < -0.3 is 36.5 Å². The molecule has 18 heteroatoms. The molecule has 6 N–H and O–H groups in total. The van der Waals surface area contributed by atoms with Gasteiger partial charge in [-0.25, -0.2) is 22.9 Å². The maximum atomic E-state index is 13.8. The van der Waals surface area contributed by atoms with E-state index in [1.807, 2.05) is 12.1 Å². The van der Waals surface area contributed by atoms with Gasteiger partial charge in [0.2, 0.25) is 52.6 Å². The molecule has 13 nitrogen and oxygen atoms in total. The van der Waals surface area contributed by atoms with Gasteiger partial charge in [-0.15, -0.1) is 0 Å². The summed E-state index contributed by atoms with van der Waals surface area (Å²) in [5.74, 6) is -15.7. The van der Waals surface area contributed by atoms with Crippen LogP contribution in [-0.2, 0) is 43.4 Å². The largest absolute Gasteiger partial charge is 0.445 e. The third-order valence-electron chi connectivity index (χ3n) is 10.8. The Morgan fingerprint density at radius 1 is 0.712 bits per heavy atom. The molecule has 0 unspecified atom stereocenters. The Bertz CT molecular complexity index is 2290. The van der Waals surface area contributed by atoms with E-state index in [9.17, 15) is 45.9 Å². The highest BCUT2D eigenvalue weighted by atomic mass is 19.2. The van der Waals surface area contributed by atoms with Crippen molar-refractivity contribution in [3.8, 4) is 5.75 Å². The molecule has 3 aromatic carbocycles. The zero-order valence-electron chi connectivity index (χ0n) is 37.7. The maximum absolute atomic E-state index is 13.8. The summed E-state index contributed by atoms with van der Waals surface area (Å²) in [7, 11) is 0. The molecule has 1 heterocycles. The number of unbranched alkanes of at least 4 members (excludes halogenated alkanes) is 6. The number of fused-ring (bicyclic) bond motifs is 1. The van der Waals surface area contributed by atoms with Gasteiger partial charge in [-0.05, 0) is 98.7 Å². The molecule has 0 fully saturated rings. The summed E-state index contributed by atoms with van der Waals surface area (Å²) in [6, 6.07) is 13.0. The SMILES string of the molecule is CCCCCc1cc2c(CCCCCNC(=O)OCc3ccc(NC(=O)[C@H](C)NC(=O)[C@@H](NC(=O)CCCCCC(=O)Oc4c(F)c(F)c(F)c(F)c4F)C(C)C)cc3)cccc2nc1N. The fraction of sp³-hybridized carbons (Fsp3) is 0.458. The lowest BCUT2D eigenvalue weighted by atomic mass is 9.99. The van der Waals surface area contributed by atoms with Gasteiger partial charge in [0, 0.05) is 30.5 Å². The first kappa shape index (κ1) is 52.3. The van der Waals surface area contributed by atoms with Crippen LogP contribution in [0, 0.1) is 35.0 Å². The molecule has 66 heavy (non-hydrogen) atoms. The van der Waals surface area contributed by atoms with Crippen LogP contribution in [0.3, 0.4) is 0 Å². The molecule has 2 atom stereocenters. The van der Waals surface area contributed by atoms with Crippen LogP contribution in [0.25, 0.3) is 10.9 Å². The topological polar surface area (TPSA) is 191 Å². The van der Waals surface area contributed by atoms with Crippen LogP contribution in [0.15, 0.2) is 48.5 Å². The summed E-state index contributed by atoms with van der Waals surface area (Å²) in [4.78, 5) is 67.6. The van der Waals surface area contributed by atoms with E-state index >= 15 is 0 Å². The molecule has 0 aliphatic carbocycles. The summed E-state index contributed by atoms with van der Waals surface area (Å²) >= 11 is 0. The van der Waals surface area contributed by atoms with Gasteiger partial charge in [0.05, 0.1) is 5.52 Å². The third-order valence-corrected chi connectivity index (χ3v) is 10.8. The van der Waals surface area contributed by atoms with Crippen LogP contribution in [0.4, 0.5) is 38.3 Å². The van der Waals surface area contributed by atoms with Gasteiger partial charge in [0.25, 0.3) is 0 Å². The molecular weight excluding hydrogens is 868 g/mol. The number of esters is 1. The molecule has 0 saturated carbocycles. The number of alkyl carbamates (subject to hydrolysis) is 1. The normalized spacial score (nSPS) is 12.1. The average Bonchev–Trinajstić information content (AvgIpc) is 3.29. The summed E-state index contributed by atoms with van der Waals surface area (Å²) in [6.07, 6.45) is 7.37. The zero-order valence-corrected chi connectivity index (χ0v) is 37.7. The Kier molecular flexibility index (Phi) is 20.6. The molecule has 0 saturated heterocycles. The number of hydrogen-bond acceptors (Lipinski definition) is 9. The number of nitrogens with one attached hydrogen (secondary N) is 4. The molecular formula is C48H59F5N6O7. The number of benzene rings is 3. The van der Waals surface area contributed by atoms with Gasteiger partial charge in [-0.2, -0.15) is 8.78 Å². The number of anilines is 2. The standard InChI is InChI=1S/C48H59F5N6O7/c1-5-6-9-16-32-26-34-31(17-14-18-35(34)58-45(32)54)15-10-8-13-25-55-48(64)65-27-30-21-23-33(24-22-30)57-46(62)29(4)56-47(63)43(28(2)3)59-36(60)19-11-7-12-20-37(61)66-44-41(52)39(50)38(49)40(51)42(44)53/h14,17-18,21-24,26,28-29,43H,5-13,15-16,19-20,25,27H2,1-4H3,(H2,54,58)(H,55,64)(H,56,63)(H,57,62)(H,59,60)/t29-,43-/m0/s1. The summed E-state index contributed by atoms with van der Waals surface area (Å²) in [5, 5.41) is 11.9. The van der Waals surface area contributed by atoms with Crippen LogP contribution in [0.2, 0.25) is 0 Å². The summed E-state index contributed by atoms with van der Waals surface area (Å²) in [6.45, 7) is 7.55. The summed E-state index contributed by atoms with van der Waals surface area (Å²) < 4.78 is 77.2. The Hall–Kier alpha value is -6.33. The van der Waals surface area contributed by atoms with Crippen molar-refractivity contribution in [3.63, 3.8) is 0 Å². The molecule has 0 aliphatic rings. The van der Waals surface area contributed by atoms with E-state index in [4.69, 9.17) is 10.5 Å². The number of nitrogens with two attached hydrogens (primary N) is 1. The molecule has 0 spiro atoms. The van der Waals surface area contributed by atoms with E-state index in [0.717, 1.165) is 67.8 Å². The van der Waals surface area contributed by atoms with Crippen molar-refractivity contribution >= 4 is 52.2 Å². The number of ether oxygens (including phenoxy) is 2. The molecule has 0 bridgehead atoms. The number of aryl methyl sites for hydroxylation is 2. The number of pyridine rings is 1. The zero-order chi connectivity index (χ0) is 48.3. The minimum absolute atomic E-state index is 0.0134. The van der Waals surface area contributed by atoms with Crippen molar-refractivity contribution in [2.75, 3.05) is 17.6 Å². The maximum Gasteiger partial charge on any atom is 0.407 e. The third kappa shape index (κ3) is 15.7. The lowest BCUT2D eigenvalue weighted by molar-refractivity contribution is -0.135. The number of amides is 4. The Labute approximate surface area is 381 Å². The van der Waals surface area contributed by atoms with Crippen molar-refractivity contribution < 1.29 is 55.4 Å². The highest BCUT2D eigenvalue weighted by Gasteiger charge is 2.29. The summed E-state index contributed by atoms with van der Waals surface area (Å²) in [5.41, 5.74) is 10.6. The Balaban J connectivity index is 1.10. The molecule has 0 aliphatic heterocycles. The number of carbonyl (C=O) groups is 5. The van der Waals surface area contributed by atoms with E-state index in [1.54, 1.807) is 38.1 Å². The van der Waals surface area contributed by atoms with Gasteiger partial charge in [0.15, 0.2) is 0 Å². The van der Waals surface area contributed by atoms with E-state index < -0.39 is 83.1 Å². The monoisotopic (exact) mass is 926 g/mol. The number of aromatic nitrogens is 1. The fourth-order valence-electron chi connectivity index (χ4n) is 6.96.